The quantitative estimate of drug-likeness (QED) is 0.0217. The number of aromatic nitrogens is 4. The Morgan fingerprint density at radius 3 is 1.29 bits per heavy atom. The van der Waals surface area contributed by atoms with E-state index in [1.54, 1.807) is 61.2 Å². The number of sulfonamides is 2. The van der Waals surface area contributed by atoms with Gasteiger partial charge in [-0.05, 0) is 283 Å². The minimum atomic E-state index is -4.54. The standard InChI is InChI=1S/2C47H52ClN7O7S/c2*48-39-4-1-3-37(44(39)31-6-7-31)41-5-2-18-54(41)34-26-47(27-34)15-19-53(20-16-47)33-8-10-38(43(24-33)62-35-23-32-12-17-49-45(32)51-29-35)46(56)52-63(59,60)36-9-11-40(42(25-36)55(57)58)50-28-30-13-21-61-22-14-30/h2*1,3-4,8-12,17,23-25,29-31,34,41,50H,2,5-7,13-16,18-22,26-28H2,(H,49,51)(H,52,56)/t2*41-/m10/s1. The van der Waals surface area contributed by atoms with Crippen molar-refractivity contribution in [1.82, 2.24) is 39.2 Å². The minimum absolute atomic E-state index is 0.0132. The summed E-state index contributed by atoms with van der Waals surface area (Å²) in [5.41, 5.74) is 8.89. The SMILES string of the molecule is O=C(NS(=O)(=O)c1ccc(NCC2CCOCC2)c([N+](=O)[O-])c1)c1ccc(N2CCC3(CC2)CC(N2CCC[C@@H]2c2cccc(Cl)c2C2CC2)C3)cc1Oc1cnc2[nH]ccc2c1.O=C(NS(=O)(=O)c1ccc(NCC2CCOCC2)c([N+](=O)[O-])c1)c1ccc(N2CCC3(CC2)CC(N2CCC[C@H]2c2cccc(Cl)c2C2CC2)C3)cc1Oc1cnc2[nH]ccc2c1. The molecule has 10 aromatic rings. The fourth-order valence-corrected chi connectivity index (χ4v) is 23.7. The number of rotatable bonds is 26. The van der Waals surface area contributed by atoms with Crippen molar-refractivity contribution in [2.75, 3.05) is 99.2 Å². The normalized spacial score (nSPS) is 20.8. The predicted molar refractivity (Wildman–Crippen MR) is 483 cm³/mol. The number of pyridine rings is 2. The number of benzene rings is 6. The third kappa shape index (κ3) is 18.1. The molecule has 0 unspecified atom stereocenters. The molecule has 660 valence electrons. The van der Waals surface area contributed by atoms with Crippen molar-refractivity contribution in [1.29, 1.82) is 0 Å². The van der Waals surface area contributed by atoms with Crippen LogP contribution in [0.1, 0.15) is 195 Å². The molecule has 2 amide bonds. The minimum Gasteiger partial charge on any atom is -0.455 e. The maximum absolute atomic E-state index is 14.0. The topological polar surface area (TPSA) is 344 Å². The number of nitro groups is 2. The van der Waals surface area contributed by atoms with Crippen LogP contribution in [0.15, 0.2) is 168 Å². The van der Waals surface area contributed by atoms with E-state index in [9.17, 15) is 46.7 Å². The van der Waals surface area contributed by atoms with Gasteiger partial charge in [0.05, 0.1) is 43.2 Å². The molecule has 10 heterocycles. The smallest absolute Gasteiger partial charge is 0.293 e. The summed E-state index contributed by atoms with van der Waals surface area (Å²) in [4.78, 5) is 75.2. The summed E-state index contributed by atoms with van der Waals surface area (Å²) in [6.45, 7) is 9.12. The molecule has 10 aliphatic rings. The number of fused-ring (bicyclic) bond motifs is 2. The Bertz CT molecular complexity index is 5660. The van der Waals surface area contributed by atoms with E-state index in [4.69, 9.17) is 42.1 Å². The number of amides is 2. The molecular weight excluding hydrogens is 1680 g/mol. The fourth-order valence-electron chi connectivity index (χ4n) is 21.1. The molecule has 6 N–H and O–H groups in total. The van der Waals surface area contributed by atoms with Crippen LogP contribution in [0.4, 0.5) is 34.1 Å². The molecule has 4 aromatic heterocycles. The number of halogens is 2. The zero-order valence-corrected chi connectivity index (χ0v) is 73.3. The molecule has 20 rings (SSSR count). The van der Waals surface area contributed by atoms with Crippen molar-refractivity contribution >= 4 is 111 Å². The largest absolute Gasteiger partial charge is 0.455 e. The van der Waals surface area contributed by atoms with E-state index in [1.807, 2.05) is 24.3 Å². The first-order chi connectivity index (χ1) is 61.0. The fraction of sp³-hybridized carbons (Fsp3) is 0.447. The van der Waals surface area contributed by atoms with Crippen LogP contribution in [-0.4, -0.2) is 159 Å². The number of carbonyl (C=O) groups excluding carboxylic acids is 2. The van der Waals surface area contributed by atoms with Crippen LogP contribution >= 0.6 is 23.2 Å². The number of aromatic amines is 2. The van der Waals surface area contributed by atoms with E-state index in [2.05, 4.69) is 96.0 Å². The molecule has 4 aliphatic carbocycles. The van der Waals surface area contributed by atoms with Gasteiger partial charge in [-0.2, -0.15) is 0 Å². The molecule has 10 fully saturated rings. The van der Waals surface area contributed by atoms with Crippen LogP contribution in [0.5, 0.6) is 23.0 Å². The Hall–Kier alpha value is -10.4. The lowest BCUT2D eigenvalue weighted by atomic mass is 9.59. The average molecular weight is 1790 g/mol. The molecule has 0 bridgehead atoms. The Kier molecular flexibility index (Phi) is 24.1. The van der Waals surface area contributed by atoms with Gasteiger partial charge >= 0.3 is 0 Å². The first kappa shape index (κ1) is 85.0. The maximum Gasteiger partial charge on any atom is 0.293 e. The Morgan fingerprint density at radius 1 is 0.500 bits per heavy atom. The Morgan fingerprint density at radius 2 is 0.905 bits per heavy atom. The number of ether oxygens (including phenoxy) is 4. The molecule has 0 radical (unpaired) electrons. The highest BCUT2D eigenvalue weighted by Crippen LogP contribution is 2.58. The molecule has 2 spiro atoms. The molecule has 6 saturated heterocycles. The molecule has 4 saturated carbocycles. The van der Waals surface area contributed by atoms with Gasteiger partial charge in [0.15, 0.2) is 0 Å². The van der Waals surface area contributed by atoms with Gasteiger partial charge in [-0.15, -0.1) is 0 Å². The van der Waals surface area contributed by atoms with E-state index in [0.29, 0.717) is 109 Å². The number of H-pyrrole nitrogens is 2. The predicted octanol–water partition coefficient (Wildman–Crippen LogP) is 18.7. The van der Waals surface area contributed by atoms with Gasteiger partial charge in [0.1, 0.15) is 45.7 Å². The van der Waals surface area contributed by atoms with E-state index < -0.39 is 62.9 Å². The zero-order valence-electron chi connectivity index (χ0n) is 70.1. The van der Waals surface area contributed by atoms with Gasteiger partial charge in [-0.1, -0.05) is 47.5 Å². The molecule has 28 nitrogen and oxygen atoms in total. The summed E-state index contributed by atoms with van der Waals surface area (Å²) >= 11 is 13.6. The van der Waals surface area contributed by atoms with Crippen LogP contribution in [0, 0.1) is 42.9 Å². The molecule has 6 aromatic carbocycles. The van der Waals surface area contributed by atoms with E-state index >= 15 is 0 Å². The molecule has 126 heavy (non-hydrogen) atoms. The summed E-state index contributed by atoms with van der Waals surface area (Å²) in [5, 5.41) is 33.9. The molecule has 6 aliphatic heterocycles. The second-order valence-electron chi connectivity index (χ2n) is 36.3. The van der Waals surface area contributed by atoms with Crippen molar-refractivity contribution in [3.05, 3.63) is 222 Å². The third-order valence-electron chi connectivity index (χ3n) is 28.3. The highest BCUT2D eigenvalue weighted by atomic mass is 35.5. The number of nitrogens with one attached hydrogen (secondary N) is 6. The number of likely N-dealkylation sites (tertiary alicyclic amines) is 2. The lowest BCUT2D eigenvalue weighted by Crippen LogP contribution is -2.55. The summed E-state index contributed by atoms with van der Waals surface area (Å²) in [5.74, 6) is 0.972. The van der Waals surface area contributed by atoms with Crippen LogP contribution in [-0.2, 0) is 29.5 Å². The van der Waals surface area contributed by atoms with Crippen LogP contribution in [0.25, 0.3) is 22.1 Å². The number of nitro benzene ring substituents is 2. The highest BCUT2D eigenvalue weighted by Gasteiger charge is 2.53. The first-order valence-corrected chi connectivity index (χ1v) is 48.2. The number of hydrogen-bond acceptors (Lipinski definition) is 22. The number of nitrogens with zero attached hydrogens (tertiary/aromatic N) is 8. The second-order valence-corrected chi connectivity index (χ2v) is 40.5. The van der Waals surface area contributed by atoms with Gasteiger partial charge in [-0.3, -0.25) is 39.6 Å². The number of anilines is 4. The number of hydrogen-bond donors (Lipinski definition) is 6. The van der Waals surface area contributed by atoms with Gasteiger partial charge < -0.3 is 49.3 Å². The van der Waals surface area contributed by atoms with Crippen molar-refractivity contribution < 1.29 is 55.2 Å². The highest BCUT2D eigenvalue weighted by molar-refractivity contribution is 7.90. The van der Waals surface area contributed by atoms with Gasteiger partial charge in [0, 0.05) is 159 Å². The summed E-state index contributed by atoms with van der Waals surface area (Å²) in [6, 6.07) is 39.9. The molecular formula is C94H104Cl2N14O14S2. The average Bonchev–Trinajstić information content (AvgIpc) is 1.22. The van der Waals surface area contributed by atoms with Crippen molar-refractivity contribution in [3.8, 4) is 23.0 Å². The van der Waals surface area contributed by atoms with E-state index in [1.165, 1.54) is 124 Å². The van der Waals surface area contributed by atoms with Crippen LogP contribution in [0.3, 0.4) is 0 Å². The molecule has 2 atom stereocenters. The van der Waals surface area contributed by atoms with Crippen molar-refractivity contribution in [3.63, 3.8) is 0 Å². The summed E-state index contributed by atoms with van der Waals surface area (Å²) in [7, 11) is -9.08. The van der Waals surface area contributed by atoms with Gasteiger partial charge in [-0.25, -0.2) is 36.2 Å². The number of piperidine rings is 2. The maximum atomic E-state index is 14.0. The Balaban J connectivity index is 0.000000165. The van der Waals surface area contributed by atoms with Crippen molar-refractivity contribution in [2.45, 2.75) is 174 Å². The lowest BCUT2D eigenvalue weighted by Gasteiger charge is -2.56. The van der Waals surface area contributed by atoms with Crippen LogP contribution in [0.2, 0.25) is 10.0 Å². The Labute approximate surface area is 742 Å². The lowest BCUT2D eigenvalue weighted by molar-refractivity contribution is -0.384. The second kappa shape index (κ2) is 35.7. The molecule has 32 heteroatoms. The number of carbonyl (C=O) groups is 2. The summed E-state index contributed by atoms with van der Waals surface area (Å²) in [6.07, 6.45) is 28.6. The monoisotopic (exact) mass is 1790 g/mol. The first-order valence-electron chi connectivity index (χ1n) is 44.5. The van der Waals surface area contributed by atoms with E-state index in [-0.39, 0.29) is 45.8 Å². The van der Waals surface area contributed by atoms with Crippen molar-refractivity contribution in [2.24, 2.45) is 22.7 Å². The zero-order chi connectivity index (χ0) is 86.6. The third-order valence-corrected chi connectivity index (χ3v) is 31.6. The van der Waals surface area contributed by atoms with Crippen LogP contribution < -0.4 is 39.4 Å². The van der Waals surface area contributed by atoms with Gasteiger partial charge in [0.2, 0.25) is 0 Å². The summed E-state index contributed by atoms with van der Waals surface area (Å²) < 4.78 is 82.6. The van der Waals surface area contributed by atoms with E-state index in [0.717, 1.165) is 135 Å². The van der Waals surface area contributed by atoms with Gasteiger partial charge in [0.25, 0.3) is 43.2 Å².